The molecule has 0 fully saturated rings. The van der Waals surface area contributed by atoms with E-state index in [1.54, 1.807) is 0 Å². The number of nitrogens with zero attached hydrogens (tertiary/aromatic N) is 1. The number of rotatable bonds is 4. The minimum Gasteiger partial charge on any atom is -0.504 e. The zero-order valence-corrected chi connectivity index (χ0v) is 8.08. The standard InChI is InChI=1S/C9H11NO5/c1-15-9-4-6(2-3-7(9)11)8(12)5-10(13)14/h2-4,8,11-12H,5H2,1H3. The lowest BCUT2D eigenvalue weighted by Crippen LogP contribution is -2.11. The molecule has 0 aromatic heterocycles. The zero-order valence-electron chi connectivity index (χ0n) is 8.08. The number of aliphatic hydroxyl groups is 1. The molecule has 0 radical (unpaired) electrons. The summed E-state index contributed by atoms with van der Waals surface area (Å²) >= 11 is 0. The summed E-state index contributed by atoms with van der Waals surface area (Å²) in [4.78, 5) is 9.56. The maximum atomic E-state index is 10.2. The molecule has 15 heavy (non-hydrogen) atoms. The Morgan fingerprint density at radius 2 is 2.27 bits per heavy atom. The second-order valence-corrected chi connectivity index (χ2v) is 2.96. The molecule has 0 aliphatic heterocycles. The van der Waals surface area contributed by atoms with Gasteiger partial charge < -0.3 is 14.9 Å². The van der Waals surface area contributed by atoms with E-state index in [0.717, 1.165) is 0 Å². The minimum absolute atomic E-state index is 0.0745. The summed E-state index contributed by atoms with van der Waals surface area (Å²) in [6, 6.07) is 4.09. The molecule has 0 saturated carbocycles. The van der Waals surface area contributed by atoms with E-state index in [-0.39, 0.29) is 11.5 Å². The topological polar surface area (TPSA) is 92.8 Å². The molecule has 0 spiro atoms. The van der Waals surface area contributed by atoms with Gasteiger partial charge in [0.25, 0.3) is 0 Å². The third-order valence-electron chi connectivity index (χ3n) is 1.91. The van der Waals surface area contributed by atoms with Crippen molar-refractivity contribution in [1.82, 2.24) is 0 Å². The van der Waals surface area contributed by atoms with Crippen LogP contribution in [0.1, 0.15) is 11.7 Å². The van der Waals surface area contributed by atoms with Crippen molar-refractivity contribution >= 4 is 0 Å². The average Bonchev–Trinajstić information content (AvgIpc) is 2.17. The van der Waals surface area contributed by atoms with Crippen LogP contribution in [0.25, 0.3) is 0 Å². The molecule has 0 amide bonds. The summed E-state index contributed by atoms with van der Waals surface area (Å²) in [5.74, 6) is 0.101. The highest BCUT2D eigenvalue weighted by molar-refractivity contribution is 5.42. The predicted molar refractivity (Wildman–Crippen MR) is 51.5 cm³/mol. The first-order valence-corrected chi connectivity index (χ1v) is 4.21. The Hall–Kier alpha value is -1.82. The number of hydrogen-bond acceptors (Lipinski definition) is 5. The fourth-order valence-corrected chi connectivity index (χ4v) is 1.15. The summed E-state index contributed by atoms with van der Waals surface area (Å²) in [6.07, 6.45) is -1.20. The van der Waals surface area contributed by atoms with Crippen molar-refractivity contribution in [3.05, 3.63) is 33.9 Å². The van der Waals surface area contributed by atoms with Gasteiger partial charge in [-0.15, -0.1) is 0 Å². The molecule has 0 bridgehead atoms. The molecule has 0 aliphatic carbocycles. The molecule has 6 nitrogen and oxygen atoms in total. The van der Waals surface area contributed by atoms with Gasteiger partial charge in [-0.05, 0) is 17.7 Å². The molecule has 2 N–H and O–H groups in total. The summed E-state index contributed by atoms with van der Waals surface area (Å²) in [5, 5.41) is 28.9. The molecule has 0 heterocycles. The van der Waals surface area contributed by atoms with Gasteiger partial charge in [0.15, 0.2) is 11.5 Å². The smallest absolute Gasteiger partial charge is 0.233 e. The molecule has 0 saturated heterocycles. The normalized spacial score (nSPS) is 12.1. The van der Waals surface area contributed by atoms with Crippen LogP contribution < -0.4 is 4.74 Å². The molecular formula is C9H11NO5. The fourth-order valence-electron chi connectivity index (χ4n) is 1.15. The van der Waals surface area contributed by atoms with Gasteiger partial charge in [-0.3, -0.25) is 10.1 Å². The fraction of sp³-hybridized carbons (Fsp3) is 0.333. The lowest BCUT2D eigenvalue weighted by atomic mass is 10.1. The molecule has 1 atom stereocenters. The SMILES string of the molecule is COc1cc(C(O)C[N+](=O)[O-])ccc1O. The van der Waals surface area contributed by atoms with Crippen molar-refractivity contribution in [3.8, 4) is 11.5 Å². The van der Waals surface area contributed by atoms with Gasteiger partial charge in [-0.25, -0.2) is 0 Å². The summed E-state index contributed by atoms with van der Waals surface area (Å²) < 4.78 is 4.81. The summed E-state index contributed by atoms with van der Waals surface area (Å²) in [5.41, 5.74) is 0.335. The lowest BCUT2D eigenvalue weighted by molar-refractivity contribution is -0.491. The molecule has 1 aromatic carbocycles. The molecule has 1 aromatic rings. The van der Waals surface area contributed by atoms with Gasteiger partial charge in [-0.2, -0.15) is 0 Å². The Bertz CT molecular complexity index is 366. The number of hydrogen-bond donors (Lipinski definition) is 2. The number of nitro groups is 1. The van der Waals surface area contributed by atoms with E-state index >= 15 is 0 Å². The van der Waals surface area contributed by atoms with Crippen molar-refractivity contribution in [2.24, 2.45) is 0 Å². The van der Waals surface area contributed by atoms with E-state index in [1.165, 1.54) is 25.3 Å². The van der Waals surface area contributed by atoms with Crippen molar-refractivity contribution < 1.29 is 19.9 Å². The van der Waals surface area contributed by atoms with Crippen LogP contribution >= 0.6 is 0 Å². The third-order valence-corrected chi connectivity index (χ3v) is 1.91. The van der Waals surface area contributed by atoms with Crippen LogP contribution in [-0.2, 0) is 0 Å². The minimum atomic E-state index is -1.20. The van der Waals surface area contributed by atoms with Crippen LogP contribution in [0.5, 0.6) is 11.5 Å². The maximum absolute atomic E-state index is 10.2. The first-order valence-electron chi connectivity index (χ1n) is 4.21. The Balaban J connectivity index is 2.90. The van der Waals surface area contributed by atoms with E-state index in [1.807, 2.05) is 0 Å². The van der Waals surface area contributed by atoms with Crippen molar-refractivity contribution in [2.75, 3.05) is 13.7 Å². The molecule has 1 unspecified atom stereocenters. The Labute approximate surface area is 85.9 Å². The monoisotopic (exact) mass is 213 g/mol. The Kier molecular flexibility index (Phi) is 3.46. The molecule has 6 heteroatoms. The van der Waals surface area contributed by atoms with Crippen molar-refractivity contribution in [1.29, 1.82) is 0 Å². The first kappa shape index (κ1) is 11.3. The zero-order chi connectivity index (χ0) is 11.4. The number of phenolic OH excluding ortho intramolecular Hbond substituents is 1. The van der Waals surface area contributed by atoms with E-state index in [0.29, 0.717) is 5.56 Å². The quantitative estimate of drug-likeness (QED) is 0.567. The highest BCUT2D eigenvalue weighted by atomic mass is 16.6. The van der Waals surface area contributed by atoms with Crippen LogP contribution in [-0.4, -0.2) is 28.8 Å². The van der Waals surface area contributed by atoms with Crippen LogP contribution in [0, 0.1) is 10.1 Å². The van der Waals surface area contributed by atoms with Gasteiger partial charge in [-0.1, -0.05) is 6.07 Å². The van der Waals surface area contributed by atoms with Gasteiger partial charge in [0.1, 0.15) is 6.10 Å². The second-order valence-electron chi connectivity index (χ2n) is 2.96. The van der Waals surface area contributed by atoms with Crippen molar-refractivity contribution in [2.45, 2.75) is 6.10 Å². The molecule has 1 rings (SSSR count). The van der Waals surface area contributed by atoms with E-state index in [4.69, 9.17) is 4.74 Å². The molecule has 0 aliphatic rings. The van der Waals surface area contributed by atoms with E-state index in [2.05, 4.69) is 0 Å². The number of methoxy groups -OCH3 is 1. The molecule has 82 valence electrons. The predicted octanol–water partition coefficient (Wildman–Crippen LogP) is 0.711. The maximum Gasteiger partial charge on any atom is 0.233 e. The average molecular weight is 213 g/mol. The van der Waals surface area contributed by atoms with Crippen molar-refractivity contribution in [3.63, 3.8) is 0 Å². The lowest BCUT2D eigenvalue weighted by Gasteiger charge is -2.09. The van der Waals surface area contributed by atoms with Gasteiger partial charge in [0, 0.05) is 4.92 Å². The van der Waals surface area contributed by atoms with E-state index < -0.39 is 17.6 Å². The van der Waals surface area contributed by atoms with E-state index in [9.17, 15) is 20.3 Å². The van der Waals surface area contributed by atoms with Crippen LogP contribution in [0.2, 0.25) is 0 Å². The Morgan fingerprint density at radius 1 is 1.60 bits per heavy atom. The summed E-state index contributed by atoms with van der Waals surface area (Å²) in [7, 11) is 1.36. The van der Waals surface area contributed by atoms with Gasteiger partial charge in [0.05, 0.1) is 7.11 Å². The van der Waals surface area contributed by atoms with Crippen LogP contribution in [0.4, 0.5) is 0 Å². The number of benzene rings is 1. The highest BCUT2D eigenvalue weighted by Crippen LogP contribution is 2.28. The second kappa shape index (κ2) is 4.61. The van der Waals surface area contributed by atoms with Gasteiger partial charge in [0.2, 0.25) is 6.54 Å². The Morgan fingerprint density at radius 3 is 2.80 bits per heavy atom. The number of phenols is 1. The number of ether oxygens (including phenoxy) is 1. The number of aromatic hydroxyl groups is 1. The van der Waals surface area contributed by atoms with Crippen LogP contribution in [0.3, 0.4) is 0 Å². The summed E-state index contributed by atoms with van der Waals surface area (Å²) in [6.45, 7) is -0.575. The van der Waals surface area contributed by atoms with Crippen LogP contribution in [0.15, 0.2) is 18.2 Å². The number of aliphatic hydroxyl groups excluding tert-OH is 1. The highest BCUT2D eigenvalue weighted by Gasteiger charge is 2.15. The van der Waals surface area contributed by atoms with Gasteiger partial charge >= 0.3 is 0 Å². The molecular weight excluding hydrogens is 202 g/mol. The first-order chi connectivity index (χ1) is 7.04. The third kappa shape index (κ3) is 2.81. The largest absolute Gasteiger partial charge is 0.504 e.